The van der Waals surface area contributed by atoms with Gasteiger partial charge in [-0.1, -0.05) is 12.1 Å². The first-order valence-electron chi connectivity index (χ1n) is 6.94. The van der Waals surface area contributed by atoms with E-state index in [0.29, 0.717) is 5.56 Å². The molecule has 1 aromatic carbocycles. The molecule has 0 aliphatic rings. The normalized spacial score (nSPS) is 10.8. The first-order chi connectivity index (χ1) is 10.6. The van der Waals surface area contributed by atoms with Crippen molar-refractivity contribution >= 4 is 33.3 Å². The lowest BCUT2D eigenvalue weighted by Crippen LogP contribution is -1.92. The second kappa shape index (κ2) is 6.07. The van der Waals surface area contributed by atoms with Crippen molar-refractivity contribution in [3.63, 3.8) is 0 Å². The average Bonchev–Trinajstić information content (AvgIpc) is 2.80. The zero-order valence-electron chi connectivity index (χ0n) is 12.7. The molecule has 0 aliphatic carbocycles. The molecule has 0 saturated heterocycles. The second-order valence-electron chi connectivity index (χ2n) is 5.14. The van der Waals surface area contributed by atoms with E-state index < -0.39 is 0 Å². The molecule has 0 saturated carbocycles. The Morgan fingerprint density at radius 1 is 1.14 bits per heavy atom. The molecule has 3 nitrogen and oxygen atoms in total. The van der Waals surface area contributed by atoms with Crippen molar-refractivity contribution in [2.24, 2.45) is 0 Å². The molecule has 2 heterocycles. The fourth-order valence-corrected chi connectivity index (χ4v) is 4.47. The molecule has 0 fully saturated rings. The summed E-state index contributed by atoms with van der Waals surface area (Å²) in [5.41, 5.74) is 3.17. The lowest BCUT2D eigenvalue weighted by Gasteiger charge is -2.05. The summed E-state index contributed by atoms with van der Waals surface area (Å²) < 4.78 is 0. The molecule has 110 valence electrons. The van der Waals surface area contributed by atoms with E-state index >= 15 is 0 Å². The lowest BCUT2D eigenvalue weighted by atomic mass is 10.2. The van der Waals surface area contributed by atoms with Crippen LogP contribution in [0.25, 0.3) is 10.2 Å². The van der Waals surface area contributed by atoms with Crippen LogP contribution in [0, 0.1) is 32.1 Å². The molecule has 0 unspecified atom stereocenters. The van der Waals surface area contributed by atoms with Crippen LogP contribution in [0.4, 0.5) is 0 Å². The molecule has 0 bridgehead atoms. The predicted octanol–water partition coefficient (Wildman–Crippen LogP) is 4.78. The minimum atomic E-state index is 0.693. The maximum Gasteiger partial charge on any atom is 0.128 e. The number of thiophene rings is 1. The first kappa shape index (κ1) is 15.0. The zero-order valence-corrected chi connectivity index (χ0v) is 14.3. The number of nitrogens with zero attached hydrogens (tertiary/aromatic N) is 3. The largest absolute Gasteiger partial charge is 0.226 e. The van der Waals surface area contributed by atoms with Crippen LogP contribution < -0.4 is 0 Å². The van der Waals surface area contributed by atoms with Gasteiger partial charge in [0.15, 0.2) is 0 Å². The smallest absolute Gasteiger partial charge is 0.128 e. The number of aromatic nitrogens is 2. The van der Waals surface area contributed by atoms with Crippen molar-refractivity contribution in [2.75, 3.05) is 0 Å². The monoisotopic (exact) mass is 325 g/mol. The second-order valence-corrected chi connectivity index (χ2v) is 7.30. The Bertz CT molecular complexity index is 874. The molecule has 0 radical (unpaired) electrons. The van der Waals surface area contributed by atoms with Gasteiger partial charge in [0.1, 0.15) is 15.7 Å². The minimum Gasteiger partial charge on any atom is -0.226 e. The van der Waals surface area contributed by atoms with Gasteiger partial charge in [-0.3, -0.25) is 0 Å². The number of hydrogen-bond acceptors (Lipinski definition) is 5. The summed E-state index contributed by atoms with van der Waals surface area (Å²) in [5, 5.41) is 11.1. The summed E-state index contributed by atoms with van der Waals surface area (Å²) in [6.07, 6.45) is 0. The number of aryl methyl sites for hydroxylation is 3. The van der Waals surface area contributed by atoms with Crippen molar-refractivity contribution in [3.05, 3.63) is 51.7 Å². The Kier molecular flexibility index (Phi) is 4.14. The van der Waals surface area contributed by atoms with Crippen LogP contribution in [0.3, 0.4) is 0 Å². The Morgan fingerprint density at radius 3 is 2.55 bits per heavy atom. The van der Waals surface area contributed by atoms with Crippen LogP contribution in [0.1, 0.15) is 27.4 Å². The summed E-state index contributed by atoms with van der Waals surface area (Å²) in [7, 11) is 0. The van der Waals surface area contributed by atoms with E-state index in [0.717, 1.165) is 21.4 Å². The van der Waals surface area contributed by atoms with Crippen molar-refractivity contribution in [3.8, 4) is 6.07 Å². The molecule has 3 rings (SSSR count). The summed E-state index contributed by atoms with van der Waals surface area (Å²) in [4.78, 5) is 11.6. The van der Waals surface area contributed by atoms with Crippen LogP contribution in [-0.4, -0.2) is 9.97 Å². The van der Waals surface area contributed by atoms with Gasteiger partial charge in [-0.05, 0) is 44.0 Å². The fraction of sp³-hybridized carbons (Fsp3) is 0.235. The quantitative estimate of drug-likeness (QED) is 0.513. The number of nitriles is 1. The summed E-state index contributed by atoms with van der Waals surface area (Å²) in [5.74, 6) is 1.65. The SMILES string of the molecule is Cc1nc(SCc2ccc(C#N)cc2)c2c(C)c(C)sc2n1. The molecule has 0 aliphatic heterocycles. The molecule has 3 aromatic rings. The van der Waals surface area contributed by atoms with Gasteiger partial charge >= 0.3 is 0 Å². The van der Waals surface area contributed by atoms with E-state index in [1.807, 2.05) is 31.2 Å². The van der Waals surface area contributed by atoms with Gasteiger partial charge in [0, 0.05) is 16.0 Å². The van der Waals surface area contributed by atoms with Gasteiger partial charge in [0.05, 0.1) is 11.6 Å². The van der Waals surface area contributed by atoms with Gasteiger partial charge < -0.3 is 0 Å². The highest BCUT2D eigenvalue weighted by Crippen LogP contribution is 2.36. The molecular formula is C17H15N3S2. The summed E-state index contributed by atoms with van der Waals surface area (Å²) in [6, 6.07) is 9.86. The van der Waals surface area contributed by atoms with E-state index in [1.54, 1.807) is 23.1 Å². The highest BCUT2D eigenvalue weighted by molar-refractivity contribution is 7.98. The van der Waals surface area contributed by atoms with E-state index in [-0.39, 0.29) is 0 Å². The van der Waals surface area contributed by atoms with E-state index in [1.165, 1.54) is 21.4 Å². The molecule has 2 aromatic heterocycles. The molecular weight excluding hydrogens is 310 g/mol. The van der Waals surface area contributed by atoms with E-state index in [9.17, 15) is 0 Å². The van der Waals surface area contributed by atoms with Crippen molar-refractivity contribution in [1.82, 2.24) is 9.97 Å². The maximum atomic E-state index is 8.85. The van der Waals surface area contributed by atoms with Gasteiger partial charge in [-0.15, -0.1) is 23.1 Å². The van der Waals surface area contributed by atoms with Crippen LogP contribution in [0.2, 0.25) is 0 Å². The Balaban J connectivity index is 1.91. The van der Waals surface area contributed by atoms with Crippen LogP contribution >= 0.6 is 23.1 Å². The fourth-order valence-electron chi connectivity index (χ4n) is 2.25. The summed E-state index contributed by atoms with van der Waals surface area (Å²) >= 11 is 3.46. The molecule has 0 amide bonds. The molecule has 0 spiro atoms. The van der Waals surface area contributed by atoms with E-state index in [2.05, 4.69) is 29.9 Å². The molecule has 0 atom stereocenters. The third-order valence-corrected chi connectivity index (χ3v) is 5.71. The number of hydrogen-bond donors (Lipinski definition) is 0. The van der Waals surface area contributed by atoms with E-state index in [4.69, 9.17) is 5.26 Å². The third-order valence-electron chi connectivity index (χ3n) is 3.57. The van der Waals surface area contributed by atoms with Crippen LogP contribution in [-0.2, 0) is 5.75 Å². The van der Waals surface area contributed by atoms with Gasteiger partial charge in [-0.2, -0.15) is 5.26 Å². The standard InChI is InChI=1S/C17H15N3S2/c1-10-11(2)22-17-15(10)16(19-12(3)20-17)21-9-14-6-4-13(8-18)5-7-14/h4-7H,9H2,1-3H3. The number of fused-ring (bicyclic) bond motifs is 1. The van der Waals surface area contributed by atoms with Crippen molar-refractivity contribution in [2.45, 2.75) is 31.6 Å². The van der Waals surface area contributed by atoms with Crippen LogP contribution in [0.5, 0.6) is 0 Å². The predicted molar refractivity (Wildman–Crippen MR) is 92.3 cm³/mol. The Morgan fingerprint density at radius 2 is 1.86 bits per heavy atom. The van der Waals surface area contributed by atoms with Gasteiger partial charge in [0.2, 0.25) is 0 Å². The molecule has 5 heteroatoms. The summed E-state index contributed by atoms with van der Waals surface area (Å²) in [6.45, 7) is 6.21. The minimum absolute atomic E-state index is 0.693. The number of benzene rings is 1. The first-order valence-corrected chi connectivity index (χ1v) is 8.75. The number of thioether (sulfide) groups is 1. The Labute approximate surface area is 138 Å². The Hall–Kier alpha value is -1.90. The zero-order chi connectivity index (χ0) is 15.7. The number of rotatable bonds is 3. The van der Waals surface area contributed by atoms with Crippen molar-refractivity contribution in [1.29, 1.82) is 5.26 Å². The maximum absolute atomic E-state index is 8.85. The molecule has 22 heavy (non-hydrogen) atoms. The van der Waals surface area contributed by atoms with Crippen molar-refractivity contribution < 1.29 is 0 Å². The highest BCUT2D eigenvalue weighted by Gasteiger charge is 2.13. The molecule has 0 N–H and O–H groups in total. The average molecular weight is 325 g/mol. The topological polar surface area (TPSA) is 49.6 Å². The van der Waals surface area contributed by atoms with Crippen LogP contribution in [0.15, 0.2) is 29.3 Å². The third kappa shape index (κ3) is 2.85. The van der Waals surface area contributed by atoms with Gasteiger partial charge in [0.25, 0.3) is 0 Å². The highest BCUT2D eigenvalue weighted by atomic mass is 32.2. The van der Waals surface area contributed by atoms with Gasteiger partial charge in [-0.25, -0.2) is 9.97 Å². The lowest BCUT2D eigenvalue weighted by molar-refractivity contribution is 1.01.